The molecule has 1 aliphatic carbocycles. The van der Waals surface area contributed by atoms with Gasteiger partial charge in [0.05, 0.1) is 0 Å². The Bertz CT molecular complexity index is 389. The largest absolute Gasteiger partial charge is 0.310 e. The van der Waals surface area contributed by atoms with Crippen molar-refractivity contribution in [2.75, 3.05) is 6.54 Å². The Morgan fingerprint density at radius 1 is 1.05 bits per heavy atom. The molecule has 1 nitrogen and oxygen atoms in total. The van der Waals surface area contributed by atoms with Crippen molar-refractivity contribution in [1.82, 2.24) is 5.32 Å². The zero-order valence-corrected chi connectivity index (χ0v) is 14.2. The van der Waals surface area contributed by atoms with E-state index >= 15 is 0 Å². The molecule has 0 spiro atoms. The molecule has 2 unspecified atom stereocenters. The van der Waals surface area contributed by atoms with Crippen LogP contribution in [-0.2, 0) is 0 Å². The summed E-state index contributed by atoms with van der Waals surface area (Å²) in [6.07, 6.45) is 9.75. The lowest BCUT2D eigenvalue weighted by Crippen LogP contribution is -2.21. The summed E-state index contributed by atoms with van der Waals surface area (Å²) in [7, 11) is 0. The molecular weight excluding hydrogens is 254 g/mol. The van der Waals surface area contributed by atoms with E-state index in [2.05, 4.69) is 50.4 Å². The fourth-order valence-electron chi connectivity index (χ4n) is 3.63. The molecule has 2 rings (SSSR count). The van der Waals surface area contributed by atoms with Crippen LogP contribution in [0.15, 0.2) is 24.3 Å². The summed E-state index contributed by atoms with van der Waals surface area (Å²) in [5.41, 5.74) is 2.95. The van der Waals surface area contributed by atoms with E-state index in [1.165, 1.54) is 56.1 Å². The maximum atomic E-state index is 3.69. The average Bonchev–Trinajstić information content (AvgIpc) is 3.04. The molecule has 2 atom stereocenters. The van der Waals surface area contributed by atoms with Gasteiger partial charge in [-0.3, -0.25) is 0 Å². The van der Waals surface area contributed by atoms with Crippen molar-refractivity contribution < 1.29 is 0 Å². The fraction of sp³-hybridized carbons (Fsp3) is 0.700. The molecule has 1 aromatic rings. The minimum absolute atomic E-state index is 0.543. The first-order chi connectivity index (χ1) is 10.2. The lowest BCUT2D eigenvalue weighted by Gasteiger charge is -2.21. The van der Waals surface area contributed by atoms with Crippen molar-refractivity contribution in [3.63, 3.8) is 0 Å². The van der Waals surface area contributed by atoms with E-state index in [-0.39, 0.29) is 0 Å². The molecular formula is C20H33N. The van der Waals surface area contributed by atoms with E-state index in [4.69, 9.17) is 0 Å². The van der Waals surface area contributed by atoms with E-state index in [0.29, 0.717) is 12.0 Å². The molecule has 1 aliphatic rings. The van der Waals surface area contributed by atoms with Gasteiger partial charge < -0.3 is 5.32 Å². The Hall–Kier alpha value is -0.820. The maximum absolute atomic E-state index is 3.69. The summed E-state index contributed by atoms with van der Waals surface area (Å²) in [6.45, 7) is 7.86. The molecule has 1 aromatic carbocycles. The van der Waals surface area contributed by atoms with Gasteiger partial charge >= 0.3 is 0 Å². The van der Waals surface area contributed by atoms with Gasteiger partial charge in [0.1, 0.15) is 0 Å². The summed E-state index contributed by atoms with van der Waals surface area (Å²) in [4.78, 5) is 0. The Labute approximate surface area is 131 Å². The fourth-order valence-corrected chi connectivity index (χ4v) is 3.63. The Morgan fingerprint density at radius 3 is 2.24 bits per heavy atom. The van der Waals surface area contributed by atoms with Crippen molar-refractivity contribution in [3.05, 3.63) is 35.4 Å². The normalized spacial score (nSPS) is 18.8. The molecule has 1 fully saturated rings. The Balaban J connectivity index is 1.95. The summed E-state index contributed by atoms with van der Waals surface area (Å²) in [6, 6.07) is 9.92. The Morgan fingerprint density at radius 2 is 1.67 bits per heavy atom. The molecule has 0 amide bonds. The zero-order valence-electron chi connectivity index (χ0n) is 14.2. The topological polar surface area (TPSA) is 12.0 Å². The number of benzene rings is 1. The van der Waals surface area contributed by atoms with Crippen LogP contribution in [0.3, 0.4) is 0 Å². The molecule has 1 heteroatoms. The third kappa shape index (κ3) is 4.85. The molecule has 0 saturated heterocycles. The van der Waals surface area contributed by atoms with E-state index in [1.807, 2.05) is 0 Å². The second-order valence-electron chi connectivity index (χ2n) is 6.81. The first kappa shape index (κ1) is 16.5. The summed E-state index contributed by atoms with van der Waals surface area (Å²) in [5, 5.41) is 3.69. The molecule has 1 saturated carbocycles. The van der Waals surface area contributed by atoms with Crippen LogP contribution in [0.1, 0.15) is 88.8 Å². The number of hydrogen-bond acceptors (Lipinski definition) is 1. The van der Waals surface area contributed by atoms with Crippen LogP contribution in [0, 0.1) is 5.92 Å². The van der Waals surface area contributed by atoms with E-state index in [1.54, 1.807) is 0 Å². The van der Waals surface area contributed by atoms with Crippen molar-refractivity contribution in [1.29, 1.82) is 0 Å². The average molecular weight is 287 g/mol. The van der Waals surface area contributed by atoms with Crippen LogP contribution in [-0.4, -0.2) is 6.54 Å². The van der Waals surface area contributed by atoms with Crippen molar-refractivity contribution in [3.8, 4) is 0 Å². The minimum atomic E-state index is 0.543. The second-order valence-corrected chi connectivity index (χ2v) is 6.81. The van der Waals surface area contributed by atoms with E-state index < -0.39 is 0 Å². The smallest absolute Gasteiger partial charge is 0.0320 e. The molecule has 21 heavy (non-hydrogen) atoms. The quantitative estimate of drug-likeness (QED) is 0.635. The van der Waals surface area contributed by atoms with Crippen LogP contribution in [0.25, 0.3) is 0 Å². The van der Waals surface area contributed by atoms with Gasteiger partial charge in [0.15, 0.2) is 0 Å². The van der Waals surface area contributed by atoms with Crippen molar-refractivity contribution in [2.45, 2.75) is 77.7 Å². The second kappa shape index (κ2) is 8.58. The number of rotatable bonds is 8. The molecule has 0 bridgehead atoms. The molecule has 0 heterocycles. The van der Waals surface area contributed by atoms with Gasteiger partial charge in [-0.15, -0.1) is 0 Å². The molecule has 1 N–H and O–H groups in total. The zero-order chi connectivity index (χ0) is 15.1. The third-order valence-corrected chi connectivity index (χ3v) is 5.31. The standard InChI is InChI=1S/C20H33N/c1-4-16(3)18-11-13-19(14-12-18)20(21-5-2)15-10-17-8-6-7-9-17/h11-14,16-17,20-21H,4-10,15H2,1-3H3. The first-order valence-corrected chi connectivity index (χ1v) is 9.07. The minimum Gasteiger partial charge on any atom is -0.310 e. The highest BCUT2D eigenvalue weighted by Gasteiger charge is 2.18. The Kier molecular flexibility index (Phi) is 6.76. The van der Waals surface area contributed by atoms with Crippen LogP contribution < -0.4 is 5.32 Å². The SMILES string of the molecule is CCNC(CCC1CCCC1)c1ccc(C(C)CC)cc1. The third-order valence-electron chi connectivity index (χ3n) is 5.31. The summed E-state index contributed by atoms with van der Waals surface area (Å²) < 4.78 is 0. The number of hydrogen-bond donors (Lipinski definition) is 1. The highest BCUT2D eigenvalue weighted by molar-refractivity contribution is 5.27. The number of nitrogens with one attached hydrogen (secondary N) is 1. The summed E-state index contributed by atoms with van der Waals surface area (Å²) >= 11 is 0. The van der Waals surface area contributed by atoms with Gasteiger partial charge in [0.25, 0.3) is 0 Å². The molecule has 118 valence electrons. The van der Waals surface area contributed by atoms with Gasteiger partial charge in [0.2, 0.25) is 0 Å². The molecule has 0 aromatic heterocycles. The van der Waals surface area contributed by atoms with Crippen molar-refractivity contribution in [2.24, 2.45) is 5.92 Å². The van der Waals surface area contributed by atoms with Crippen LogP contribution in [0.5, 0.6) is 0 Å². The monoisotopic (exact) mass is 287 g/mol. The summed E-state index contributed by atoms with van der Waals surface area (Å²) in [5.74, 6) is 1.67. The van der Waals surface area contributed by atoms with Gasteiger partial charge in [-0.25, -0.2) is 0 Å². The van der Waals surface area contributed by atoms with Gasteiger partial charge in [-0.2, -0.15) is 0 Å². The highest BCUT2D eigenvalue weighted by Crippen LogP contribution is 2.31. The van der Waals surface area contributed by atoms with E-state index in [0.717, 1.165) is 12.5 Å². The highest BCUT2D eigenvalue weighted by atomic mass is 14.9. The van der Waals surface area contributed by atoms with Gasteiger partial charge in [0, 0.05) is 6.04 Å². The van der Waals surface area contributed by atoms with Gasteiger partial charge in [-0.1, -0.05) is 70.7 Å². The first-order valence-electron chi connectivity index (χ1n) is 9.07. The van der Waals surface area contributed by atoms with Crippen LogP contribution >= 0.6 is 0 Å². The maximum Gasteiger partial charge on any atom is 0.0320 e. The van der Waals surface area contributed by atoms with Gasteiger partial charge in [-0.05, 0) is 48.8 Å². The van der Waals surface area contributed by atoms with E-state index in [9.17, 15) is 0 Å². The predicted octanol–water partition coefficient (Wildman–Crippen LogP) is 5.82. The lowest BCUT2D eigenvalue weighted by atomic mass is 9.92. The molecule has 0 radical (unpaired) electrons. The predicted molar refractivity (Wildman–Crippen MR) is 92.8 cm³/mol. The van der Waals surface area contributed by atoms with Crippen LogP contribution in [0.4, 0.5) is 0 Å². The molecule has 0 aliphatic heterocycles. The lowest BCUT2D eigenvalue weighted by molar-refractivity contribution is 0.417. The van der Waals surface area contributed by atoms with Crippen LogP contribution in [0.2, 0.25) is 0 Å². The van der Waals surface area contributed by atoms with Crippen molar-refractivity contribution >= 4 is 0 Å².